The lowest BCUT2D eigenvalue weighted by atomic mass is 10.1. The van der Waals surface area contributed by atoms with Crippen LogP contribution in [0, 0.1) is 18.3 Å². The molecular weight excluding hydrogens is 330 g/mol. The van der Waals surface area contributed by atoms with E-state index in [1.807, 2.05) is 23.9 Å². The van der Waals surface area contributed by atoms with Crippen molar-refractivity contribution < 1.29 is 4.79 Å². The first kappa shape index (κ1) is 18.9. The van der Waals surface area contributed by atoms with Crippen LogP contribution < -0.4 is 5.32 Å². The Hall–Kier alpha value is -2.45. The molecule has 0 saturated heterocycles. The van der Waals surface area contributed by atoms with Crippen LogP contribution in [-0.4, -0.2) is 30.3 Å². The van der Waals surface area contributed by atoms with Gasteiger partial charge in [-0.05, 0) is 30.2 Å². The molecule has 0 bridgehead atoms. The third-order valence-corrected chi connectivity index (χ3v) is 4.79. The molecule has 4 nitrogen and oxygen atoms in total. The van der Waals surface area contributed by atoms with Crippen molar-refractivity contribution >= 4 is 17.8 Å². The minimum atomic E-state index is -0.0831. The zero-order valence-corrected chi connectivity index (χ0v) is 15.5. The van der Waals surface area contributed by atoms with Gasteiger partial charge in [0.15, 0.2) is 0 Å². The highest BCUT2D eigenvalue weighted by atomic mass is 32.2. The van der Waals surface area contributed by atoms with Crippen LogP contribution in [0.2, 0.25) is 0 Å². The lowest BCUT2D eigenvalue weighted by molar-refractivity contribution is 0.207. The molecule has 25 heavy (non-hydrogen) atoms. The van der Waals surface area contributed by atoms with E-state index in [9.17, 15) is 4.79 Å². The summed E-state index contributed by atoms with van der Waals surface area (Å²) in [7, 11) is 1.77. The average Bonchev–Trinajstić information content (AvgIpc) is 2.63. The van der Waals surface area contributed by atoms with Crippen molar-refractivity contribution in [1.29, 1.82) is 5.26 Å². The van der Waals surface area contributed by atoms with Gasteiger partial charge < -0.3 is 10.2 Å². The van der Waals surface area contributed by atoms with Crippen molar-refractivity contribution in [2.45, 2.75) is 19.2 Å². The molecule has 2 rings (SSSR count). The summed E-state index contributed by atoms with van der Waals surface area (Å²) >= 11 is 1.81. The topological polar surface area (TPSA) is 56.1 Å². The summed E-state index contributed by atoms with van der Waals surface area (Å²) in [4.78, 5) is 13.7. The van der Waals surface area contributed by atoms with Crippen LogP contribution in [0.25, 0.3) is 0 Å². The number of nitrogens with zero attached hydrogens (tertiary/aromatic N) is 2. The second-order valence-electron chi connectivity index (χ2n) is 5.93. The molecule has 5 heteroatoms. The Morgan fingerprint density at radius 3 is 2.40 bits per heavy atom. The predicted molar refractivity (Wildman–Crippen MR) is 103 cm³/mol. The van der Waals surface area contributed by atoms with Gasteiger partial charge in [-0.3, -0.25) is 0 Å². The largest absolute Gasteiger partial charge is 0.337 e. The van der Waals surface area contributed by atoms with Crippen LogP contribution in [0.3, 0.4) is 0 Å². The molecule has 0 spiro atoms. The standard InChI is InChI=1S/C20H23N3OS/c1-16-3-5-19(6-4-16)15-25-12-11-22-20(24)23(2)14-18-9-7-17(13-21)8-10-18/h3-10H,11-12,14-15H2,1-2H3,(H,22,24). The van der Waals surface area contributed by atoms with Crippen LogP contribution in [-0.2, 0) is 12.3 Å². The molecule has 0 heterocycles. The molecule has 130 valence electrons. The summed E-state index contributed by atoms with van der Waals surface area (Å²) in [5.41, 5.74) is 4.21. The van der Waals surface area contributed by atoms with Crippen LogP contribution in [0.4, 0.5) is 4.79 Å². The normalized spacial score (nSPS) is 10.1. The maximum Gasteiger partial charge on any atom is 0.317 e. The number of benzene rings is 2. The number of aryl methyl sites for hydroxylation is 1. The Morgan fingerprint density at radius 2 is 1.76 bits per heavy atom. The minimum Gasteiger partial charge on any atom is -0.337 e. The average molecular weight is 353 g/mol. The Morgan fingerprint density at radius 1 is 1.12 bits per heavy atom. The molecule has 0 radical (unpaired) electrons. The van der Waals surface area contributed by atoms with E-state index < -0.39 is 0 Å². The number of hydrogen-bond acceptors (Lipinski definition) is 3. The number of thioether (sulfide) groups is 1. The van der Waals surface area contributed by atoms with Crippen LogP contribution in [0.15, 0.2) is 48.5 Å². The number of nitriles is 1. The number of carbonyl (C=O) groups is 1. The van der Waals surface area contributed by atoms with E-state index in [0.717, 1.165) is 17.1 Å². The molecule has 0 aliphatic carbocycles. The fourth-order valence-corrected chi connectivity index (χ4v) is 3.09. The zero-order chi connectivity index (χ0) is 18.1. The highest BCUT2D eigenvalue weighted by molar-refractivity contribution is 7.98. The highest BCUT2D eigenvalue weighted by Gasteiger charge is 2.08. The van der Waals surface area contributed by atoms with Gasteiger partial charge in [0.25, 0.3) is 0 Å². The molecule has 2 aromatic carbocycles. The van der Waals surface area contributed by atoms with Gasteiger partial charge in [0, 0.05) is 31.6 Å². The van der Waals surface area contributed by atoms with Gasteiger partial charge in [0.2, 0.25) is 0 Å². The first-order valence-corrected chi connectivity index (χ1v) is 9.35. The van der Waals surface area contributed by atoms with Gasteiger partial charge in [-0.1, -0.05) is 42.0 Å². The van der Waals surface area contributed by atoms with Crippen LogP contribution >= 0.6 is 11.8 Å². The van der Waals surface area contributed by atoms with Crippen molar-refractivity contribution in [3.8, 4) is 6.07 Å². The Labute approximate surface area is 153 Å². The number of carbonyl (C=O) groups excluding carboxylic acids is 1. The molecule has 0 aliphatic heterocycles. The van der Waals surface area contributed by atoms with Gasteiger partial charge in [0.1, 0.15) is 0 Å². The van der Waals surface area contributed by atoms with Crippen molar-refractivity contribution in [2.75, 3.05) is 19.3 Å². The lowest BCUT2D eigenvalue weighted by Crippen LogP contribution is -2.37. The van der Waals surface area contributed by atoms with Crippen molar-refractivity contribution in [3.05, 3.63) is 70.8 Å². The molecule has 0 aliphatic rings. The molecule has 0 fully saturated rings. The van der Waals surface area contributed by atoms with Crippen molar-refractivity contribution in [3.63, 3.8) is 0 Å². The fourth-order valence-electron chi connectivity index (χ4n) is 2.27. The Balaban J connectivity index is 1.65. The highest BCUT2D eigenvalue weighted by Crippen LogP contribution is 2.12. The van der Waals surface area contributed by atoms with E-state index in [1.165, 1.54) is 11.1 Å². The van der Waals surface area contributed by atoms with E-state index >= 15 is 0 Å². The van der Waals surface area contributed by atoms with Gasteiger partial charge in [-0.15, -0.1) is 0 Å². The summed E-state index contributed by atoms with van der Waals surface area (Å²) in [6, 6.07) is 17.8. The maximum atomic E-state index is 12.1. The minimum absolute atomic E-state index is 0.0831. The second kappa shape index (κ2) is 9.75. The summed E-state index contributed by atoms with van der Waals surface area (Å²) in [6.07, 6.45) is 0. The Bertz CT molecular complexity index is 720. The first-order valence-electron chi connectivity index (χ1n) is 8.20. The second-order valence-corrected chi connectivity index (χ2v) is 7.04. The summed E-state index contributed by atoms with van der Waals surface area (Å²) in [5, 5.41) is 11.7. The maximum absolute atomic E-state index is 12.1. The molecule has 0 atom stereocenters. The quantitative estimate of drug-likeness (QED) is 0.767. The molecule has 2 aromatic rings. The third kappa shape index (κ3) is 6.52. The van der Waals surface area contributed by atoms with Gasteiger partial charge in [-0.25, -0.2) is 4.79 Å². The van der Waals surface area contributed by atoms with E-state index in [-0.39, 0.29) is 6.03 Å². The summed E-state index contributed by atoms with van der Waals surface area (Å²) in [5.74, 6) is 1.83. The molecule has 0 saturated carbocycles. The van der Waals surface area contributed by atoms with Gasteiger partial charge in [0.05, 0.1) is 11.6 Å². The Kier molecular flexibility index (Phi) is 7.36. The zero-order valence-electron chi connectivity index (χ0n) is 14.7. The molecule has 0 aromatic heterocycles. The van der Waals surface area contributed by atoms with Gasteiger partial charge in [-0.2, -0.15) is 17.0 Å². The smallest absolute Gasteiger partial charge is 0.317 e. The van der Waals surface area contributed by atoms with E-state index in [2.05, 4.69) is 42.6 Å². The lowest BCUT2D eigenvalue weighted by Gasteiger charge is -2.18. The van der Waals surface area contributed by atoms with Crippen molar-refractivity contribution in [1.82, 2.24) is 10.2 Å². The monoisotopic (exact) mass is 353 g/mol. The van der Waals surface area contributed by atoms with Gasteiger partial charge >= 0.3 is 6.03 Å². The number of urea groups is 1. The van der Waals surface area contributed by atoms with E-state index in [0.29, 0.717) is 18.7 Å². The summed E-state index contributed by atoms with van der Waals surface area (Å²) in [6.45, 7) is 3.25. The molecular formula is C20H23N3OS. The molecule has 0 unspecified atom stereocenters. The summed E-state index contributed by atoms with van der Waals surface area (Å²) < 4.78 is 0. The fraction of sp³-hybridized carbons (Fsp3) is 0.300. The van der Waals surface area contributed by atoms with E-state index in [4.69, 9.17) is 5.26 Å². The predicted octanol–water partition coefficient (Wildman–Crippen LogP) is 3.94. The van der Waals surface area contributed by atoms with Crippen LogP contribution in [0.1, 0.15) is 22.3 Å². The molecule has 2 amide bonds. The number of hydrogen-bond donors (Lipinski definition) is 1. The molecule has 1 N–H and O–H groups in total. The third-order valence-electron chi connectivity index (χ3n) is 3.76. The number of amides is 2. The van der Waals surface area contributed by atoms with Crippen molar-refractivity contribution in [2.24, 2.45) is 0 Å². The SMILES string of the molecule is Cc1ccc(CSCCNC(=O)N(C)Cc2ccc(C#N)cc2)cc1. The van der Waals surface area contributed by atoms with E-state index in [1.54, 1.807) is 24.1 Å². The van der Waals surface area contributed by atoms with Crippen LogP contribution in [0.5, 0.6) is 0 Å². The number of nitrogens with one attached hydrogen (secondary N) is 1. The first-order chi connectivity index (χ1) is 12.1. The number of rotatable bonds is 7.